The second-order valence-corrected chi connectivity index (χ2v) is 9.77. The Morgan fingerprint density at radius 2 is 1.76 bits per heavy atom. The largest absolute Gasteiger partial charge is 0.444 e. The summed E-state index contributed by atoms with van der Waals surface area (Å²) in [4.78, 5) is 30.7. The van der Waals surface area contributed by atoms with Crippen LogP contribution in [0.25, 0.3) is 0 Å². The van der Waals surface area contributed by atoms with E-state index in [1.165, 1.54) is 4.90 Å². The van der Waals surface area contributed by atoms with Crippen molar-refractivity contribution in [3.8, 4) is 11.8 Å². The SMILES string of the molecule is Cc1cc(C(=O)N(C)c2ccccn2)c(C)cc1C#CCNc1ccc(C(=N)NC(=O)OC(C)(C)C)cc1. The summed E-state index contributed by atoms with van der Waals surface area (Å²) in [6, 6.07) is 16.4. The summed E-state index contributed by atoms with van der Waals surface area (Å²) in [5.41, 5.74) is 4.00. The minimum atomic E-state index is -0.664. The Balaban J connectivity index is 1.59. The Labute approximate surface area is 223 Å². The maximum absolute atomic E-state index is 13.0. The molecular formula is C30H33N5O3. The smallest absolute Gasteiger partial charge is 0.413 e. The third kappa shape index (κ3) is 7.68. The summed E-state index contributed by atoms with van der Waals surface area (Å²) in [6.45, 7) is 9.55. The average Bonchev–Trinajstić information content (AvgIpc) is 2.87. The zero-order valence-corrected chi connectivity index (χ0v) is 22.6. The molecule has 0 spiro atoms. The molecule has 38 heavy (non-hydrogen) atoms. The zero-order valence-electron chi connectivity index (χ0n) is 22.6. The molecule has 0 aliphatic rings. The molecule has 0 aliphatic heterocycles. The minimum absolute atomic E-state index is 0.0374. The molecule has 3 N–H and O–H groups in total. The molecule has 3 rings (SSSR count). The third-order valence-corrected chi connectivity index (χ3v) is 5.50. The summed E-state index contributed by atoms with van der Waals surface area (Å²) in [5, 5.41) is 13.7. The van der Waals surface area contributed by atoms with Crippen LogP contribution in [-0.4, -0.2) is 42.0 Å². The van der Waals surface area contributed by atoms with Crippen molar-refractivity contribution in [3.05, 3.63) is 88.6 Å². The molecule has 2 aromatic carbocycles. The van der Waals surface area contributed by atoms with E-state index in [0.29, 0.717) is 23.5 Å². The molecule has 0 atom stereocenters. The fraction of sp³-hybridized carbons (Fsp3) is 0.267. The Hall–Kier alpha value is -4.64. The number of alkyl carbamates (subject to hydrolysis) is 1. The molecule has 1 heterocycles. The van der Waals surface area contributed by atoms with Crippen LogP contribution < -0.4 is 15.5 Å². The highest BCUT2D eigenvalue weighted by Crippen LogP contribution is 2.19. The third-order valence-electron chi connectivity index (χ3n) is 5.50. The van der Waals surface area contributed by atoms with Gasteiger partial charge in [-0.25, -0.2) is 9.78 Å². The van der Waals surface area contributed by atoms with Gasteiger partial charge in [0, 0.05) is 35.6 Å². The monoisotopic (exact) mass is 511 g/mol. The fourth-order valence-corrected chi connectivity index (χ4v) is 3.54. The Morgan fingerprint density at radius 3 is 2.39 bits per heavy atom. The Bertz CT molecular complexity index is 1380. The van der Waals surface area contributed by atoms with E-state index in [-0.39, 0.29) is 11.7 Å². The van der Waals surface area contributed by atoms with Gasteiger partial charge in [0.1, 0.15) is 17.3 Å². The van der Waals surface area contributed by atoms with Gasteiger partial charge in [-0.2, -0.15) is 0 Å². The van der Waals surface area contributed by atoms with Crippen molar-refractivity contribution < 1.29 is 14.3 Å². The van der Waals surface area contributed by atoms with Crippen molar-refractivity contribution in [3.63, 3.8) is 0 Å². The van der Waals surface area contributed by atoms with Crippen molar-refractivity contribution in [1.82, 2.24) is 10.3 Å². The maximum atomic E-state index is 13.0. The van der Waals surface area contributed by atoms with Crippen LogP contribution in [0, 0.1) is 31.1 Å². The van der Waals surface area contributed by atoms with Crippen molar-refractivity contribution in [2.24, 2.45) is 0 Å². The van der Waals surface area contributed by atoms with E-state index in [9.17, 15) is 9.59 Å². The molecule has 0 saturated carbocycles. The quantitative estimate of drug-likeness (QED) is 0.245. The molecule has 0 unspecified atom stereocenters. The number of hydrogen-bond acceptors (Lipinski definition) is 6. The van der Waals surface area contributed by atoms with Crippen LogP contribution in [0.1, 0.15) is 53.4 Å². The van der Waals surface area contributed by atoms with Gasteiger partial charge >= 0.3 is 6.09 Å². The van der Waals surface area contributed by atoms with Crippen LogP contribution in [0.4, 0.5) is 16.3 Å². The standard InChI is InChI=1S/C30H33N5O3/c1-20-19-25(28(36)35(6)26-11-7-8-16-33-26)21(2)18-23(20)10-9-17-32-24-14-12-22(13-15-24)27(31)34-29(37)38-30(3,4)5/h7-8,11-16,18-19,32H,17H2,1-6H3,(H2,31,34,37). The molecule has 0 saturated heterocycles. The van der Waals surface area contributed by atoms with E-state index in [4.69, 9.17) is 10.1 Å². The van der Waals surface area contributed by atoms with Crippen molar-refractivity contribution in [2.75, 3.05) is 23.8 Å². The summed E-state index contributed by atoms with van der Waals surface area (Å²) in [7, 11) is 1.71. The molecule has 1 aromatic heterocycles. The summed E-state index contributed by atoms with van der Waals surface area (Å²) < 4.78 is 5.18. The lowest BCUT2D eigenvalue weighted by Crippen LogP contribution is -2.36. The second-order valence-electron chi connectivity index (χ2n) is 9.77. The van der Waals surface area contributed by atoms with Crippen molar-refractivity contribution in [1.29, 1.82) is 5.41 Å². The van der Waals surface area contributed by atoms with E-state index in [1.54, 1.807) is 52.2 Å². The van der Waals surface area contributed by atoms with Crippen LogP contribution in [0.5, 0.6) is 0 Å². The molecule has 196 valence electrons. The van der Waals surface area contributed by atoms with E-state index in [1.807, 2.05) is 50.2 Å². The molecule has 8 heteroatoms. The molecule has 0 radical (unpaired) electrons. The number of hydrogen-bond donors (Lipinski definition) is 3. The van der Waals surface area contributed by atoms with Crippen molar-refractivity contribution in [2.45, 2.75) is 40.2 Å². The number of ether oxygens (including phenoxy) is 1. The number of rotatable bonds is 5. The van der Waals surface area contributed by atoms with E-state index >= 15 is 0 Å². The van der Waals surface area contributed by atoms with E-state index in [2.05, 4.69) is 27.5 Å². The number of anilines is 2. The second kappa shape index (κ2) is 12.1. The van der Waals surface area contributed by atoms with Gasteiger partial charge in [-0.05, 0) is 94.3 Å². The van der Waals surface area contributed by atoms with Gasteiger partial charge in [-0.3, -0.25) is 20.4 Å². The van der Waals surface area contributed by atoms with E-state index in [0.717, 1.165) is 22.4 Å². The highest BCUT2D eigenvalue weighted by atomic mass is 16.6. The average molecular weight is 512 g/mol. The number of pyridine rings is 1. The first-order chi connectivity index (χ1) is 17.9. The normalized spacial score (nSPS) is 10.6. The first-order valence-electron chi connectivity index (χ1n) is 12.2. The number of benzene rings is 2. The molecular weight excluding hydrogens is 478 g/mol. The summed E-state index contributed by atoms with van der Waals surface area (Å²) in [6.07, 6.45) is 0.996. The number of amidine groups is 1. The number of carbonyl (C=O) groups excluding carboxylic acids is 2. The maximum Gasteiger partial charge on any atom is 0.413 e. The van der Waals surface area contributed by atoms with Crippen molar-refractivity contribution >= 4 is 29.3 Å². The predicted molar refractivity (Wildman–Crippen MR) is 151 cm³/mol. The number of amides is 2. The predicted octanol–water partition coefficient (Wildman–Crippen LogP) is 5.29. The Morgan fingerprint density at radius 1 is 1.05 bits per heavy atom. The van der Waals surface area contributed by atoms with Gasteiger partial charge in [0.15, 0.2) is 0 Å². The highest BCUT2D eigenvalue weighted by Gasteiger charge is 2.18. The van der Waals surface area contributed by atoms with Crippen LogP contribution in [0.3, 0.4) is 0 Å². The summed E-state index contributed by atoms with van der Waals surface area (Å²) >= 11 is 0. The van der Waals surface area contributed by atoms with Crippen LogP contribution in [-0.2, 0) is 4.74 Å². The molecule has 2 amide bonds. The fourth-order valence-electron chi connectivity index (χ4n) is 3.54. The van der Waals surface area contributed by atoms with Gasteiger partial charge in [0.2, 0.25) is 0 Å². The number of nitrogens with one attached hydrogen (secondary N) is 3. The molecule has 8 nitrogen and oxygen atoms in total. The number of aromatic nitrogens is 1. The first kappa shape index (κ1) is 27.9. The lowest BCUT2D eigenvalue weighted by molar-refractivity contribution is 0.0563. The molecule has 0 bridgehead atoms. The van der Waals surface area contributed by atoms with Crippen LogP contribution >= 0.6 is 0 Å². The van der Waals surface area contributed by atoms with E-state index < -0.39 is 11.7 Å². The van der Waals surface area contributed by atoms with Crippen LogP contribution in [0.15, 0.2) is 60.8 Å². The van der Waals surface area contributed by atoms with Gasteiger partial charge in [-0.15, -0.1) is 0 Å². The van der Waals surface area contributed by atoms with Crippen LogP contribution in [0.2, 0.25) is 0 Å². The topological polar surface area (TPSA) is 107 Å². The Kier molecular flexibility index (Phi) is 8.87. The van der Waals surface area contributed by atoms with Gasteiger partial charge in [0.25, 0.3) is 5.91 Å². The first-order valence-corrected chi connectivity index (χ1v) is 12.2. The summed E-state index contributed by atoms with van der Waals surface area (Å²) in [5.74, 6) is 6.73. The van der Waals surface area contributed by atoms with Gasteiger partial charge in [0.05, 0.1) is 6.54 Å². The molecule has 3 aromatic rings. The number of aryl methyl sites for hydroxylation is 2. The van der Waals surface area contributed by atoms with Gasteiger partial charge in [-0.1, -0.05) is 17.9 Å². The number of nitrogens with zero attached hydrogens (tertiary/aromatic N) is 2. The minimum Gasteiger partial charge on any atom is -0.444 e. The molecule has 0 fully saturated rings. The lowest BCUT2D eigenvalue weighted by atomic mass is 9.99. The van der Waals surface area contributed by atoms with Gasteiger partial charge < -0.3 is 10.1 Å². The number of carbonyl (C=O) groups is 2. The highest BCUT2D eigenvalue weighted by molar-refractivity contribution is 6.06. The lowest BCUT2D eigenvalue weighted by Gasteiger charge is -2.19. The zero-order chi connectivity index (χ0) is 27.9. The molecule has 0 aliphatic carbocycles.